The lowest BCUT2D eigenvalue weighted by atomic mass is 9.89. The molecule has 3 aromatic rings. The summed E-state index contributed by atoms with van der Waals surface area (Å²) in [5.74, 6) is 5.50. The first kappa shape index (κ1) is 21.8. The third kappa shape index (κ3) is 5.07. The number of aliphatic hydroxyl groups is 1. The zero-order valence-corrected chi connectivity index (χ0v) is 18.5. The summed E-state index contributed by atoms with van der Waals surface area (Å²) in [4.78, 5) is 28.1. The second kappa shape index (κ2) is 8.98. The van der Waals surface area contributed by atoms with Crippen molar-refractivity contribution in [1.29, 1.82) is 0 Å². The highest BCUT2D eigenvalue weighted by Crippen LogP contribution is 2.24. The normalized spacial score (nSPS) is 16.3. The quantitative estimate of drug-likeness (QED) is 0.489. The van der Waals surface area contributed by atoms with Crippen LogP contribution in [0.3, 0.4) is 0 Å². The van der Waals surface area contributed by atoms with E-state index in [9.17, 15) is 14.7 Å². The molecule has 0 bridgehead atoms. The van der Waals surface area contributed by atoms with Gasteiger partial charge in [-0.15, -0.1) is 0 Å². The van der Waals surface area contributed by atoms with E-state index in [1.54, 1.807) is 36.9 Å². The van der Waals surface area contributed by atoms with E-state index in [1.807, 2.05) is 48.5 Å². The van der Waals surface area contributed by atoms with E-state index in [0.29, 0.717) is 29.8 Å². The Kier molecular flexibility index (Phi) is 6.12. The number of hydrogen-bond acceptors (Lipinski definition) is 3. The van der Waals surface area contributed by atoms with Gasteiger partial charge in [-0.3, -0.25) is 9.59 Å². The smallest absolute Gasteiger partial charge is 0.253 e. The first-order valence-corrected chi connectivity index (χ1v) is 11.0. The summed E-state index contributed by atoms with van der Waals surface area (Å²) < 4.78 is 0. The number of hydrogen-bond donors (Lipinski definition) is 1. The average molecular weight is 426 g/mol. The molecule has 1 fully saturated rings. The van der Waals surface area contributed by atoms with E-state index < -0.39 is 5.60 Å². The predicted molar refractivity (Wildman–Crippen MR) is 127 cm³/mol. The molecule has 1 aliphatic rings. The molecular formula is C28H27NO3. The number of likely N-dealkylation sites (tertiary alicyclic amines) is 1. The zero-order valence-electron chi connectivity index (χ0n) is 18.5. The molecule has 1 heterocycles. The van der Waals surface area contributed by atoms with Gasteiger partial charge in [0.1, 0.15) is 5.60 Å². The van der Waals surface area contributed by atoms with Crippen LogP contribution in [-0.2, 0) is 0 Å². The molecule has 4 heteroatoms. The van der Waals surface area contributed by atoms with Gasteiger partial charge in [0.05, 0.1) is 0 Å². The molecule has 0 aromatic heterocycles. The monoisotopic (exact) mass is 425 g/mol. The first-order valence-electron chi connectivity index (χ1n) is 11.0. The second-order valence-electron chi connectivity index (χ2n) is 8.91. The van der Waals surface area contributed by atoms with Gasteiger partial charge in [0.25, 0.3) is 5.91 Å². The lowest BCUT2D eigenvalue weighted by molar-refractivity contribution is 0.0637. The van der Waals surface area contributed by atoms with Gasteiger partial charge in [-0.05, 0) is 61.7 Å². The van der Waals surface area contributed by atoms with E-state index >= 15 is 0 Å². The minimum Gasteiger partial charge on any atom is -0.378 e. The van der Waals surface area contributed by atoms with Crippen LogP contribution >= 0.6 is 0 Å². The Morgan fingerprint density at radius 2 is 1.75 bits per heavy atom. The van der Waals surface area contributed by atoms with Gasteiger partial charge < -0.3 is 10.0 Å². The van der Waals surface area contributed by atoms with Crippen LogP contribution in [0, 0.1) is 17.8 Å². The predicted octanol–water partition coefficient (Wildman–Crippen LogP) is 4.70. The number of rotatable bonds is 3. The molecule has 0 unspecified atom stereocenters. The van der Waals surface area contributed by atoms with Gasteiger partial charge in [0, 0.05) is 35.7 Å². The van der Waals surface area contributed by atoms with E-state index in [4.69, 9.17) is 0 Å². The van der Waals surface area contributed by atoms with Gasteiger partial charge in [0.2, 0.25) is 0 Å². The van der Waals surface area contributed by atoms with Crippen LogP contribution in [0.5, 0.6) is 0 Å². The van der Waals surface area contributed by atoms with E-state index in [0.717, 1.165) is 23.6 Å². The minimum absolute atomic E-state index is 0.0899. The minimum atomic E-state index is -1.09. The van der Waals surface area contributed by atoms with Crippen molar-refractivity contribution in [2.24, 2.45) is 5.92 Å². The molecule has 0 radical (unpaired) electrons. The Hall–Kier alpha value is -3.42. The van der Waals surface area contributed by atoms with Gasteiger partial charge in [-0.1, -0.05) is 54.3 Å². The molecule has 4 nitrogen and oxygen atoms in total. The maximum atomic E-state index is 13.2. The van der Waals surface area contributed by atoms with Crippen molar-refractivity contribution in [1.82, 2.24) is 4.90 Å². The number of amides is 1. The highest BCUT2D eigenvalue weighted by atomic mass is 16.3. The van der Waals surface area contributed by atoms with Crippen LogP contribution in [0.2, 0.25) is 0 Å². The molecule has 4 rings (SSSR count). The SMILES string of the molecule is CC(C)(O)C#Cc1cccc(C(=O)N2CCC[C@H](C(=O)c3ccc4ccccc4c3)C2)c1. The summed E-state index contributed by atoms with van der Waals surface area (Å²) in [7, 11) is 0. The van der Waals surface area contributed by atoms with Gasteiger partial charge in [0.15, 0.2) is 5.78 Å². The lowest BCUT2D eigenvalue weighted by Gasteiger charge is -2.32. The van der Waals surface area contributed by atoms with Crippen LogP contribution in [0.4, 0.5) is 0 Å². The molecule has 1 atom stereocenters. The summed E-state index contributed by atoms with van der Waals surface area (Å²) >= 11 is 0. The highest BCUT2D eigenvalue weighted by molar-refractivity contribution is 6.02. The maximum absolute atomic E-state index is 13.2. The van der Waals surface area contributed by atoms with Crippen molar-refractivity contribution in [2.45, 2.75) is 32.3 Å². The van der Waals surface area contributed by atoms with Crippen LogP contribution in [0.25, 0.3) is 10.8 Å². The number of benzene rings is 3. The molecular weight excluding hydrogens is 398 g/mol. The Balaban J connectivity index is 1.50. The molecule has 32 heavy (non-hydrogen) atoms. The van der Waals surface area contributed by atoms with E-state index in [2.05, 4.69) is 11.8 Å². The molecule has 1 saturated heterocycles. The number of piperidine rings is 1. The first-order chi connectivity index (χ1) is 15.3. The number of Topliss-reactive ketones (excluding diaryl/α,β-unsaturated/α-hetero) is 1. The summed E-state index contributed by atoms with van der Waals surface area (Å²) in [5, 5.41) is 12.0. The second-order valence-corrected chi connectivity index (χ2v) is 8.91. The summed E-state index contributed by atoms with van der Waals surface area (Å²) in [6, 6.07) is 20.9. The summed E-state index contributed by atoms with van der Waals surface area (Å²) in [6.07, 6.45) is 1.58. The molecule has 0 aliphatic carbocycles. The molecule has 0 saturated carbocycles. The lowest BCUT2D eigenvalue weighted by Crippen LogP contribution is -2.42. The summed E-state index contributed by atoms with van der Waals surface area (Å²) in [6.45, 7) is 4.30. The van der Waals surface area contributed by atoms with Crippen LogP contribution < -0.4 is 0 Å². The molecule has 1 N–H and O–H groups in total. The molecule has 1 aliphatic heterocycles. The zero-order chi connectivity index (χ0) is 22.7. The number of carbonyl (C=O) groups is 2. The van der Waals surface area contributed by atoms with E-state index in [-0.39, 0.29) is 17.6 Å². The van der Waals surface area contributed by atoms with Gasteiger partial charge >= 0.3 is 0 Å². The largest absolute Gasteiger partial charge is 0.378 e. The van der Waals surface area contributed by atoms with Crippen LogP contribution in [0.15, 0.2) is 66.7 Å². The van der Waals surface area contributed by atoms with Crippen molar-refractivity contribution < 1.29 is 14.7 Å². The number of fused-ring (bicyclic) bond motifs is 1. The van der Waals surface area contributed by atoms with Crippen molar-refractivity contribution in [3.8, 4) is 11.8 Å². The number of ketones is 1. The Morgan fingerprint density at radius 1 is 0.969 bits per heavy atom. The molecule has 0 spiro atoms. The Labute approximate surface area is 188 Å². The van der Waals surface area contributed by atoms with Crippen molar-refractivity contribution in [3.05, 3.63) is 83.4 Å². The topological polar surface area (TPSA) is 57.6 Å². The maximum Gasteiger partial charge on any atom is 0.253 e. The Morgan fingerprint density at radius 3 is 2.53 bits per heavy atom. The fourth-order valence-electron chi connectivity index (χ4n) is 4.09. The van der Waals surface area contributed by atoms with Crippen LogP contribution in [-0.4, -0.2) is 40.4 Å². The average Bonchev–Trinajstić information content (AvgIpc) is 2.81. The molecule has 1 amide bonds. The van der Waals surface area contributed by atoms with Crippen molar-refractivity contribution >= 4 is 22.5 Å². The fourth-order valence-corrected chi connectivity index (χ4v) is 4.09. The highest BCUT2D eigenvalue weighted by Gasteiger charge is 2.29. The van der Waals surface area contributed by atoms with E-state index in [1.165, 1.54) is 0 Å². The fraction of sp³-hybridized carbons (Fsp3) is 0.286. The molecule has 162 valence electrons. The Bertz CT molecular complexity index is 1230. The van der Waals surface area contributed by atoms with Crippen molar-refractivity contribution in [3.63, 3.8) is 0 Å². The third-order valence-corrected chi connectivity index (χ3v) is 5.74. The van der Waals surface area contributed by atoms with Crippen LogP contribution in [0.1, 0.15) is 53.0 Å². The number of nitrogens with zero attached hydrogens (tertiary/aromatic N) is 1. The molecule has 3 aromatic carbocycles. The number of carbonyl (C=O) groups excluding carboxylic acids is 2. The third-order valence-electron chi connectivity index (χ3n) is 5.74. The van der Waals surface area contributed by atoms with Gasteiger partial charge in [-0.25, -0.2) is 0 Å². The standard InChI is InChI=1S/C28H27NO3/c1-28(2,32)15-14-20-7-5-10-24(17-20)27(31)29-16-6-11-25(19-29)26(30)23-13-12-21-8-3-4-9-22(21)18-23/h3-5,7-10,12-13,17-18,25,32H,6,11,16,19H2,1-2H3/t25-/m0/s1. The van der Waals surface area contributed by atoms with Gasteiger partial charge in [-0.2, -0.15) is 0 Å². The van der Waals surface area contributed by atoms with Crippen molar-refractivity contribution in [2.75, 3.05) is 13.1 Å². The summed E-state index contributed by atoms with van der Waals surface area (Å²) in [5.41, 5.74) is 0.834.